The number of nitrogens with one attached hydrogen (secondary N) is 2. The average Bonchev–Trinajstić information content (AvgIpc) is 2.93. The van der Waals surface area contributed by atoms with Gasteiger partial charge in [0.05, 0.1) is 6.61 Å². The van der Waals surface area contributed by atoms with Gasteiger partial charge in [-0.15, -0.1) is 0 Å². The Labute approximate surface area is 146 Å². The molecule has 1 aromatic rings. The molecule has 0 aliphatic carbocycles. The van der Waals surface area contributed by atoms with Crippen molar-refractivity contribution in [2.75, 3.05) is 26.7 Å². The van der Waals surface area contributed by atoms with Gasteiger partial charge in [0.25, 0.3) is 0 Å². The molecule has 1 aromatic carbocycles. The Morgan fingerprint density at radius 3 is 2.79 bits per heavy atom. The first kappa shape index (κ1) is 18.6. The first-order chi connectivity index (χ1) is 11.5. The van der Waals surface area contributed by atoms with Crippen LogP contribution < -0.4 is 15.4 Å². The number of hydrogen-bond donors (Lipinski definition) is 2. The van der Waals surface area contributed by atoms with Crippen molar-refractivity contribution < 1.29 is 4.74 Å². The second-order valence-electron chi connectivity index (χ2n) is 6.78. The highest BCUT2D eigenvalue weighted by Crippen LogP contribution is 2.18. The summed E-state index contributed by atoms with van der Waals surface area (Å²) in [5, 5.41) is 6.99. The summed E-state index contributed by atoms with van der Waals surface area (Å²) in [7, 11) is 1.83. The van der Waals surface area contributed by atoms with Gasteiger partial charge >= 0.3 is 0 Å². The molecule has 134 valence electrons. The number of hydrogen-bond acceptors (Lipinski definition) is 3. The lowest BCUT2D eigenvalue weighted by molar-refractivity contribution is 0.265. The van der Waals surface area contributed by atoms with Crippen LogP contribution in [0.5, 0.6) is 5.75 Å². The summed E-state index contributed by atoms with van der Waals surface area (Å²) in [5.41, 5.74) is 1.19. The van der Waals surface area contributed by atoms with Crippen LogP contribution in [0.1, 0.15) is 33.3 Å². The maximum Gasteiger partial charge on any atom is 0.191 e. The first-order valence-corrected chi connectivity index (χ1v) is 8.96. The van der Waals surface area contributed by atoms with Crippen LogP contribution in [0.3, 0.4) is 0 Å². The highest BCUT2D eigenvalue weighted by molar-refractivity contribution is 5.80. The number of rotatable bonds is 6. The Bertz CT molecular complexity index is 544. The van der Waals surface area contributed by atoms with Crippen molar-refractivity contribution in [2.45, 2.75) is 46.3 Å². The molecule has 1 fully saturated rings. The van der Waals surface area contributed by atoms with Crippen LogP contribution in [0.15, 0.2) is 29.3 Å². The van der Waals surface area contributed by atoms with Gasteiger partial charge in [-0.05, 0) is 44.4 Å². The standard InChI is InChI=1S/C19H32N4O/c1-6-24-17-9-7-8-16(10-17)11-21-19(20-5)22-18-13-23(14(2)3)12-15(18)4/h7-10,14-15,18H,6,11-13H2,1-5H3,(H2,20,21,22). The maximum atomic E-state index is 5.56. The number of aliphatic imine (C=N–C) groups is 1. The molecule has 5 heteroatoms. The van der Waals surface area contributed by atoms with Gasteiger partial charge in [-0.25, -0.2) is 0 Å². The number of benzene rings is 1. The third kappa shape index (κ3) is 5.13. The highest BCUT2D eigenvalue weighted by atomic mass is 16.5. The predicted molar refractivity (Wildman–Crippen MR) is 101 cm³/mol. The third-order valence-corrected chi connectivity index (χ3v) is 4.59. The first-order valence-electron chi connectivity index (χ1n) is 8.96. The lowest BCUT2D eigenvalue weighted by Crippen LogP contribution is -2.46. The summed E-state index contributed by atoms with van der Waals surface area (Å²) in [6, 6.07) is 9.21. The number of guanidine groups is 1. The van der Waals surface area contributed by atoms with E-state index in [1.165, 1.54) is 5.56 Å². The van der Waals surface area contributed by atoms with Crippen LogP contribution in [0.25, 0.3) is 0 Å². The highest BCUT2D eigenvalue weighted by Gasteiger charge is 2.31. The Kier molecular flexibility index (Phi) is 6.91. The molecule has 2 atom stereocenters. The topological polar surface area (TPSA) is 48.9 Å². The molecule has 0 saturated carbocycles. The fourth-order valence-electron chi connectivity index (χ4n) is 3.08. The van der Waals surface area contributed by atoms with Crippen molar-refractivity contribution >= 4 is 5.96 Å². The summed E-state index contributed by atoms with van der Waals surface area (Å²) in [6.45, 7) is 12.4. The summed E-state index contributed by atoms with van der Waals surface area (Å²) in [6.07, 6.45) is 0. The van der Waals surface area contributed by atoms with Crippen molar-refractivity contribution in [3.05, 3.63) is 29.8 Å². The fraction of sp³-hybridized carbons (Fsp3) is 0.632. The smallest absolute Gasteiger partial charge is 0.191 e. The van der Waals surface area contributed by atoms with E-state index in [1.807, 2.05) is 26.1 Å². The van der Waals surface area contributed by atoms with Gasteiger partial charge < -0.3 is 15.4 Å². The molecule has 0 aromatic heterocycles. The molecule has 2 N–H and O–H groups in total. The molecule has 0 amide bonds. The SMILES string of the molecule is CCOc1cccc(CNC(=NC)NC2CN(C(C)C)CC2C)c1. The largest absolute Gasteiger partial charge is 0.494 e. The fourth-order valence-corrected chi connectivity index (χ4v) is 3.08. The minimum absolute atomic E-state index is 0.438. The molecular weight excluding hydrogens is 300 g/mol. The quantitative estimate of drug-likeness (QED) is 0.621. The lowest BCUT2D eigenvalue weighted by atomic mass is 10.1. The van der Waals surface area contributed by atoms with Gasteiger partial charge in [0.1, 0.15) is 5.75 Å². The van der Waals surface area contributed by atoms with Crippen molar-refractivity contribution in [2.24, 2.45) is 10.9 Å². The molecule has 2 unspecified atom stereocenters. The molecule has 0 bridgehead atoms. The number of ether oxygens (including phenoxy) is 1. The number of likely N-dealkylation sites (tertiary alicyclic amines) is 1. The van der Waals surface area contributed by atoms with E-state index in [0.717, 1.165) is 31.3 Å². The van der Waals surface area contributed by atoms with Crippen LogP contribution in [0, 0.1) is 5.92 Å². The second-order valence-corrected chi connectivity index (χ2v) is 6.78. The van der Waals surface area contributed by atoms with Gasteiger partial charge in [0, 0.05) is 38.8 Å². The van der Waals surface area contributed by atoms with Crippen LogP contribution in [0.2, 0.25) is 0 Å². The summed E-state index contributed by atoms with van der Waals surface area (Å²) < 4.78 is 5.56. The van der Waals surface area contributed by atoms with Gasteiger partial charge in [0.2, 0.25) is 0 Å². The molecule has 1 heterocycles. The zero-order valence-electron chi connectivity index (χ0n) is 15.7. The van der Waals surface area contributed by atoms with E-state index in [2.05, 4.69) is 53.4 Å². The Balaban J connectivity index is 1.88. The molecule has 0 spiro atoms. The van der Waals surface area contributed by atoms with Gasteiger partial charge in [0.15, 0.2) is 5.96 Å². The van der Waals surface area contributed by atoms with E-state index in [1.54, 1.807) is 0 Å². The van der Waals surface area contributed by atoms with Gasteiger partial charge in [-0.2, -0.15) is 0 Å². The van der Waals surface area contributed by atoms with Crippen molar-refractivity contribution in [3.63, 3.8) is 0 Å². The minimum atomic E-state index is 0.438. The molecule has 2 rings (SSSR count). The summed E-state index contributed by atoms with van der Waals surface area (Å²) in [5.74, 6) is 2.39. The van der Waals surface area contributed by atoms with E-state index >= 15 is 0 Å². The maximum absolute atomic E-state index is 5.56. The molecule has 5 nitrogen and oxygen atoms in total. The molecule has 1 aliphatic rings. The van der Waals surface area contributed by atoms with E-state index in [-0.39, 0.29) is 0 Å². The average molecular weight is 332 g/mol. The summed E-state index contributed by atoms with van der Waals surface area (Å²) in [4.78, 5) is 6.89. The predicted octanol–water partition coefficient (Wildman–Crippen LogP) is 2.48. The van der Waals surface area contributed by atoms with E-state index in [0.29, 0.717) is 24.6 Å². The zero-order valence-corrected chi connectivity index (χ0v) is 15.7. The van der Waals surface area contributed by atoms with Crippen LogP contribution in [-0.4, -0.2) is 49.7 Å². The Morgan fingerprint density at radius 2 is 2.17 bits per heavy atom. The van der Waals surface area contributed by atoms with Crippen molar-refractivity contribution in [1.82, 2.24) is 15.5 Å². The summed E-state index contributed by atoms with van der Waals surface area (Å²) >= 11 is 0. The zero-order chi connectivity index (χ0) is 17.5. The Morgan fingerprint density at radius 1 is 1.38 bits per heavy atom. The van der Waals surface area contributed by atoms with Gasteiger partial charge in [-0.3, -0.25) is 9.89 Å². The molecule has 0 radical (unpaired) electrons. The van der Waals surface area contributed by atoms with Crippen LogP contribution >= 0.6 is 0 Å². The normalized spacial score (nSPS) is 22.0. The van der Waals surface area contributed by atoms with Crippen LogP contribution in [0.4, 0.5) is 0 Å². The van der Waals surface area contributed by atoms with Crippen LogP contribution in [-0.2, 0) is 6.54 Å². The van der Waals surface area contributed by atoms with E-state index < -0.39 is 0 Å². The molecular formula is C19H32N4O. The molecule has 1 aliphatic heterocycles. The molecule has 1 saturated heterocycles. The van der Waals surface area contributed by atoms with E-state index in [4.69, 9.17) is 4.74 Å². The van der Waals surface area contributed by atoms with E-state index in [9.17, 15) is 0 Å². The van der Waals surface area contributed by atoms with Gasteiger partial charge in [-0.1, -0.05) is 19.1 Å². The van der Waals surface area contributed by atoms with Crippen molar-refractivity contribution in [3.8, 4) is 5.75 Å². The minimum Gasteiger partial charge on any atom is -0.494 e. The van der Waals surface area contributed by atoms with Crippen molar-refractivity contribution in [1.29, 1.82) is 0 Å². The second kappa shape index (κ2) is 8.92. The monoisotopic (exact) mass is 332 g/mol. The number of nitrogens with zero attached hydrogens (tertiary/aromatic N) is 2. The Hall–Kier alpha value is -1.75. The lowest BCUT2D eigenvalue weighted by Gasteiger charge is -2.22. The third-order valence-electron chi connectivity index (χ3n) is 4.59. The molecule has 24 heavy (non-hydrogen) atoms.